The van der Waals surface area contributed by atoms with Gasteiger partial charge in [-0.2, -0.15) is 5.10 Å². The Balaban J connectivity index is 2.01. The van der Waals surface area contributed by atoms with Gasteiger partial charge in [0.2, 0.25) is 0 Å². The van der Waals surface area contributed by atoms with Gasteiger partial charge in [0.15, 0.2) is 5.96 Å². The fourth-order valence-corrected chi connectivity index (χ4v) is 2.23. The van der Waals surface area contributed by atoms with Crippen LogP contribution in [0.5, 0.6) is 0 Å². The minimum Gasteiger partial charge on any atom is -0.357 e. The number of amides is 1. The van der Waals surface area contributed by atoms with Gasteiger partial charge in [0.05, 0.1) is 13.1 Å². The fraction of sp³-hybridized carbons (Fsp3) is 0.412. The molecule has 0 aliphatic heterocycles. The summed E-state index contributed by atoms with van der Waals surface area (Å²) in [5.74, 6) is 1.44. The molecule has 2 rings (SSSR count). The van der Waals surface area contributed by atoms with E-state index in [1.807, 2.05) is 39.1 Å². The summed E-state index contributed by atoms with van der Waals surface area (Å²) in [5.41, 5.74) is 1.62. The van der Waals surface area contributed by atoms with Crippen molar-refractivity contribution in [3.63, 3.8) is 0 Å². The lowest BCUT2D eigenvalue weighted by molar-refractivity contribution is 0.0955. The van der Waals surface area contributed by atoms with E-state index in [1.54, 1.807) is 10.7 Å². The zero-order valence-electron chi connectivity index (χ0n) is 14.9. The van der Waals surface area contributed by atoms with Crippen LogP contribution in [0.2, 0.25) is 0 Å². The number of nitrogens with zero attached hydrogens (tertiary/aromatic N) is 4. The highest BCUT2D eigenvalue weighted by Crippen LogP contribution is 2.06. The molecule has 1 amide bonds. The molecular formula is C17H25N7O. The van der Waals surface area contributed by atoms with Gasteiger partial charge in [0.1, 0.15) is 12.2 Å². The quantitative estimate of drug-likeness (QED) is 0.511. The second-order valence-electron chi connectivity index (χ2n) is 5.41. The van der Waals surface area contributed by atoms with Crippen molar-refractivity contribution in [2.75, 3.05) is 13.1 Å². The lowest BCUT2D eigenvalue weighted by Crippen LogP contribution is -2.37. The average molecular weight is 343 g/mol. The highest BCUT2D eigenvalue weighted by molar-refractivity contribution is 5.94. The lowest BCUT2D eigenvalue weighted by atomic mass is 10.1. The summed E-state index contributed by atoms with van der Waals surface area (Å²) >= 11 is 0. The van der Waals surface area contributed by atoms with E-state index >= 15 is 0 Å². The molecule has 0 fully saturated rings. The molecule has 1 aromatic carbocycles. The van der Waals surface area contributed by atoms with Crippen LogP contribution >= 0.6 is 0 Å². The van der Waals surface area contributed by atoms with Gasteiger partial charge in [0, 0.05) is 25.7 Å². The Bertz CT molecular complexity index is 723. The van der Waals surface area contributed by atoms with Crippen molar-refractivity contribution in [1.29, 1.82) is 0 Å². The molecule has 134 valence electrons. The molecule has 0 saturated carbocycles. The molecule has 0 aliphatic rings. The summed E-state index contributed by atoms with van der Waals surface area (Å²) in [6.07, 6.45) is 1.52. The molecule has 8 heteroatoms. The highest BCUT2D eigenvalue weighted by Gasteiger charge is 2.05. The van der Waals surface area contributed by atoms with Gasteiger partial charge < -0.3 is 16.0 Å². The molecular weight excluding hydrogens is 318 g/mol. The lowest BCUT2D eigenvalue weighted by Gasteiger charge is -2.11. The first kappa shape index (κ1) is 18.4. The summed E-state index contributed by atoms with van der Waals surface area (Å²) in [4.78, 5) is 20.7. The molecule has 0 bridgehead atoms. The zero-order chi connectivity index (χ0) is 18.1. The van der Waals surface area contributed by atoms with Crippen molar-refractivity contribution < 1.29 is 4.79 Å². The van der Waals surface area contributed by atoms with Gasteiger partial charge in [-0.15, -0.1) is 0 Å². The smallest absolute Gasteiger partial charge is 0.251 e. The number of nitrogens with one attached hydrogen (secondary N) is 3. The van der Waals surface area contributed by atoms with Crippen LogP contribution in [0.25, 0.3) is 0 Å². The number of guanidine groups is 1. The summed E-state index contributed by atoms with van der Waals surface area (Å²) < 4.78 is 1.71. The van der Waals surface area contributed by atoms with Crippen molar-refractivity contribution in [3.8, 4) is 0 Å². The van der Waals surface area contributed by atoms with Gasteiger partial charge in [-0.1, -0.05) is 12.1 Å². The SMILES string of the molecule is CCNC(=O)c1cccc(CN=C(NCC)NCc2ncnn2C)c1. The van der Waals surface area contributed by atoms with Crippen molar-refractivity contribution in [2.45, 2.75) is 26.9 Å². The monoisotopic (exact) mass is 343 g/mol. The van der Waals surface area contributed by atoms with E-state index in [0.717, 1.165) is 17.9 Å². The second-order valence-corrected chi connectivity index (χ2v) is 5.41. The third-order valence-corrected chi connectivity index (χ3v) is 3.51. The van der Waals surface area contributed by atoms with Crippen LogP contribution in [0.15, 0.2) is 35.6 Å². The topological polar surface area (TPSA) is 96.2 Å². The molecule has 3 N–H and O–H groups in total. The van der Waals surface area contributed by atoms with Crippen molar-refractivity contribution in [1.82, 2.24) is 30.7 Å². The fourth-order valence-electron chi connectivity index (χ4n) is 2.23. The maximum Gasteiger partial charge on any atom is 0.251 e. The maximum atomic E-state index is 11.9. The molecule has 0 atom stereocenters. The molecule has 0 spiro atoms. The molecule has 1 heterocycles. The zero-order valence-corrected chi connectivity index (χ0v) is 14.9. The third-order valence-electron chi connectivity index (χ3n) is 3.51. The normalized spacial score (nSPS) is 11.2. The summed E-state index contributed by atoms with van der Waals surface area (Å²) in [7, 11) is 1.85. The number of aliphatic imine (C=N–C) groups is 1. The number of hydrogen-bond acceptors (Lipinski definition) is 4. The number of aryl methyl sites for hydroxylation is 1. The second kappa shape index (κ2) is 9.41. The van der Waals surface area contributed by atoms with Gasteiger partial charge in [0.25, 0.3) is 5.91 Å². The van der Waals surface area contributed by atoms with E-state index in [2.05, 4.69) is 31.0 Å². The number of carbonyl (C=O) groups excluding carboxylic acids is 1. The van der Waals surface area contributed by atoms with Crippen LogP contribution in [0.3, 0.4) is 0 Å². The average Bonchev–Trinajstić information content (AvgIpc) is 3.03. The van der Waals surface area contributed by atoms with Crippen molar-refractivity contribution in [2.24, 2.45) is 12.0 Å². The number of benzene rings is 1. The molecule has 0 aliphatic carbocycles. The molecule has 0 unspecified atom stereocenters. The molecule has 2 aromatic rings. The Morgan fingerprint density at radius 2 is 2.00 bits per heavy atom. The Labute approximate surface area is 147 Å². The van der Waals surface area contributed by atoms with Crippen molar-refractivity contribution in [3.05, 3.63) is 47.5 Å². The first-order valence-electron chi connectivity index (χ1n) is 8.36. The maximum absolute atomic E-state index is 11.9. The van der Waals surface area contributed by atoms with Crippen LogP contribution in [0.4, 0.5) is 0 Å². The minimum absolute atomic E-state index is 0.0688. The molecule has 0 saturated heterocycles. The van der Waals surface area contributed by atoms with Crippen molar-refractivity contribution >= 4 is 11.9 Å². The Kier molecular flexibility index (Phi) is 6.94. The van der Waals surface area contributed by atoms with Crippen LogP contribution < -0.4 is 16.0 Å². The largest absolute Gasteiger partial charge is 0.357 e. The van der Waals surface area contributed by atoms with E-state index in [4.69, 9.17) is 0 Å². The standard InChI is InChI=1S/C17H25N7O/c1-4-18-16(25)14-8-6-7-13(9-14)10-20-17(19-5-2)21-11-15-22-12-23-24(15)3/h6-9,12H,4-5,10-11H2,1-3H3,(H,18,25)(H2,19,20,21). The number of carbonyl (C=O) groups is 1. The van der Waals surface area contributed by atoms with E-state index in [-0.39, 0.29) is 5.91 Å². The summed E-state index contributed by atoms with van der Waals surface area (Å²) in [5, 5.41) is 13.3. The highest BCUT2D eigenvalue weighted by atomic mass is 16.1. The Hall–Kier alpha value is -2.90. The first-order chi connectivity index (χ1) is 12.1. The van der Waals surface area contributed by atoms with Crippen LogP contribution in [-0.2, 0) is 20.1 Å². The number of aromatic nitrogens is 3. The Morgan fingerprint density at radius 1 is 1.20 bits per heavy atom. The predicted molar refractivity (Wildman–Crippen MR) is 97.1 cm³/mol. The van der Waals surface area contributed by atoms with Gasteiger partial charge in [-0.3, -0.25) is 9.48 Å². The van der Waals surface area contributed by atoms with Crippen LogP contribution in [0, 0.1) is 0 Å². The van der Waals surface area contributed by atoms with Gasteiger partial charge >= 0.3 is 0 Å². The first-order valence-corrected chi connectivity index (χ1v) is 8.36. The molecule has 25 heavy (non-hydrogen) atoms. The van der Waals surface area contributed by atoms with E-state index in [0.29, 0.717) is 31.2 Å². The third kappa shape index (κ3) is 5.59. The molecule has 1 aromatic heterocycles. The number of rotatable bonds is 7. The van der Waals surface area contributed by atoms with Crippen LogP contribution in [0.1, 0.15) is 35.6 Å². The van der Waals surface area contributed by atoms with E-state index < -0.39 is 0 Å². The summed E-state index contributed by atoms with van der Waals surface area (Å²) in [6.45, 7) is 6.27. The van der Waals surface area contributed by atoms with E-state index in [1.165, 1.54) is 6.33 Å². The van der Waals surface area contributed by atoms with Gasteiger partial charge in [-0.05, 0) is 31.5 Å². The summed E-state index contributed by atoms with van der Waals surface area (Å²) in [6, 6.07) is 7.49. The minimum atomic E-state index is -0.0688. The molecule has 0 radical (unpaired) electrons. The Morgan fingerprint density at radius 3 is 2.68 bits per heavy atom. The number of hydrogen-bond donors (Lipinski definition) is 3. The molecule has 8 nitrogen and oxygen atoms in total. The predicted octanol–water partition coefficient (Wildman–Crippen LogP) is 0.820. The van der Waals surface area contributed by atoms with Crippen LogP contribution in [-0.4, -0.2) is 39.7 Å². The van der Waals surface area contributed by atoms with E-state index in [9.17, 15) is 4.79 Å². The van der Waals surface area contributed by atoms with Gasteiger partial charge in [-0.25, -0.2) is 9.98 Å².